The average Bonchev–Trinajstić information content (AvgIpc) is 2.61. The Hall–Kier alpha value is -0.580. The van der Waals surface area contributed by atoms with Crippen molar-refractivity contribution in [1.82, 2.24) is 4.72 Å². The van der Waals surface area contributed by atoms with Crippen molar-refractivity contribution >= 4 is 21.6 Å². The summed E-state index contributed by atoms with van der Waals surface area (Å²) in [7, 11) is -3.48. The Balaban J connectivity index is 2.14. The number of unbranched alkanes of at least 4 members (excludes halogenated alkanes) is 1. The van der Waals surface area contributed by atoms with Crippen LogP contribution >= 0.6 is 11.6 Å². The van der Waals surface area contributed by atoms with Gasteiger partial charge in [-0.1, -0.05) is 50.3 Å². The Kier molecular flexibility index (Phi) is 8.24. The van der Waals surface area contributed by atoms with Crippen molar-refractivity contribution in [3.05, 3.63) is 29.8 Å². The van der Waals surface area contributed by atoms with E-state index in [9.17, 15) is 8.42 Å². The van der Waals surface area contributed by atoms with Crippen LogP contribution in [-0.2, 0) is 10.0 Å². The van der Waals surface area contributed by atoms with Crippen LogP contribution in [0.4, 0.5) is 0 Å². The van der Waals surface area contributed by atoms with Gasteiger partial charge in [-0.2, -0.15) is 0 Å². The van der Waals surface area contributed by atoms with Crippen LogP contribution in [0.5, 0.6) is 0 Å². The monoisotopic (exact) mass is 385 g/mol. The molecule has 1 saturated carbocycles. The smallest absolute Gasteiger partial charge is 0.208 e. The van der Waals surface area contributed by atoms with Gasteiger partial charge in [0.2, 0.25) is 10.0 Å². The average molecular weight is 386 g/mol. The molecule has 0 saturated heterocycles. The number of halogens is 1. The van der Waals surface area contributed by atoms with Crippen molar-refractivity contribution < 1.29 is 8.42 Å². The summed E-state index contributed by atoms with van der Waals surface area (Å²) in [5, 5.41) is 0. The van der Waals surface area contributed by atoms with Gasteiger partial charge in [0, 0.05) is 11.9 Å². The number of hydrogen-bond acceptors (Lipinski definition) is 2. The van der Waals surface area contributed by atoms with Crippen molar-refractivity contribution in [2.75, 3.05) is 5.88 Å². The van der Waals surface area contributed by atoms with Crippen LogP contribution in [0.2, 0.25) is 0 Å². The maximum atomic E-state index is 12.9. The highest BCUT2D eigenvalue weighted by Gasteiger charge is 2.31. The fourth-order valence-corrected chi connectivity index (χ4v) is 5.48. The minimum atomic E-state index is -3.48. The van der Waals surface area contributed by atoms with Gasteiger partial charge in [0.1, 0.15) is 0 Å². The second kappa shape index (κ2) is 9.94. The SMILES string of the molecule is Cc1ccc(S(=O)(=O)NC(C(C)CCCCCl)C2CCCCC2)cc1. The fourth-order valence-electron chi connectivity index (χ4n) is 3.88. The summed E-state index contributed by atoms with van der Waals surface area (Å²) < 4.78 is 28.9. The van der Waals surface area contributed by atoms with Gasteiger partial charge in [-0.3, -0.25) is 0 Å². The van der Waals surface area contributed by atoms with Crippen LogP contribution in [0.1, 0.15) is 63.9 Å². The lowest BCUT2D eigenvalue weighted by molar-refractivity contribution is 0.228. The van der Waals surface area contributed by atoms with E-state index in [-0.39, 0.29) is 6.04 Å². The third-order valence-corrected chi connectivity index (χ3v) is 7.18. The van der Waals surface area contributed by atoms with E-state index < -0.39 is 10.0 Å². The highest BCUT2D eigenvalue weighted by atomic mass is 35.5. The van der Waals surface area contributed by atoms with E-state index in [4.69, 9.17) is 11.6 Å². The van der Waals surface area contributed by atoms with E-state index in [2.05, 4.69) is 11.6 Å². The first-order valence-electron chi connectivity index (χ1n) is 9.59. The summed E-state index contributed by atoms with van der Waals surface area (Å²) in [5.41, 5.74) is 1.07. The molecule has 0 aromatic heterocycles. The van der Waals surface area contributed by atoms with Crippen LogP contribution in [0.3, 0.4) is 0 Å². The zero-order valence-electron chi connectivity index (χ0n) is 15.5. The van der Waals surface area contributed by atoms with Crippen molar-refractivity contribution in [2.45, 2.75) is 76.2 Å². The molecule has 2 rings (SSSR count). The number of hydrogen-bond donors (Lipinski definition) is 1. The molecule has 2 atom stereocenters. The lowest BCUT2D eigenvalue weighted by Gasteiger charge is -2.35. The maximum absolute atomic E-state index is 12.9. The largest absolute Gasteiger partial charge is 0.240 e. The summed E-state index contributed by atoms with van der Waals surface area (Å²) >= 11 is 5.80. The quantitative estimate of drug-likeness (QED) is 0.465. The Morgan fingerprint density at radius 3 is 2.36 bits per heavy atom. The van der Waals surface area contributed by atoms with E-state index in [1.807, 2.05) is 19.1 Å². The standard InChI is InChI=1S/C20H32ClNO2S/c1-16-11-13-19(14-12-16)25(23,24)22-20(17(2)8-6-7-15-21)18-9-4-3-5-10-18/h11-14,17-18,20,22H,3-10,15H2,1-2H3. The van der Waals surface area contributed by atoms with Gasteiger partial charge in [0.05, 0.1) is 4.90 Å². The molecule has 1 aliphatic rings. The minimum absolute atomic E-state index is 0.0157. The van der Waals surface area contributed by atoms with Crippen LogP contribution in [0, 0.1) is 18.8 Å². The van der Waals surface area contributed by atoms with Crippen molar-refractivity contribution in [3.63, 3.8) is 0 Å². The minimum Gasteiger partial charge on any atom is -0.208 e. The summed E-state index contributed by atoms with van der Waals surface area (Å²) in [6, 6.07) is 7.13. The van der Waals surface area contributed by atoms with Gasteiger partial charge in [0.25, 0.3) is 0 Å². The lowest BCUT2D eigenvalue weighted by atomic mass is 9.78. The number of nitrogens with one attached hydrogen (secondary N) is 1. The molecule has 25 heavy (non-hydrogen) atoms. The van der Waals surface area contributed by atoms with Crippen LogP contribution < -0.4 is 4.72 Å². The van der Waals surface area contributed by atoms with Crippen LogP contribution in [0.25, 0.3) is 0 Å². The third kappa shape index (κ3) is 6.26. The second-order valence-electron chi connectivity index (χ2n) is 7.52. The topological polar surface area (TPSA) is 46.2 Å². The second-order valence-corrected chi connectivity index (χ2v) is 9.61. The zero-order chi connectivity index (χ0) is 18.3. The number of aryl methyl sites for hydroxylation is 1. The molecule has 5 heteroatoms. The third-order valence-electron chi connectivity index (χ3n) is 5.44. The first-order valence-corrected chi connectivity index (χ1v) is 11.6. The Morgan fingerprint density at radius 2 is 1.76 bits per heavy atom. The zero-order valence-corrected chi connectivity index (χ0v) is 17.1. The Labute approximate surface area is 158 Å². The first-order chi connectivity index (χ1) is 11.9. The Bertz CT molecular complexity index is 609. The van der Waals surface area contributed by atoms with E-state index in [1.54, 1.807) is 12.1 Å². The molecule has 1 fully saturated rings. The summed E-state index contributed by atoms with van der Waals surface area (Å²) in [4.78, 5) is 0.367. The maximum Gasteiger partial charge on any atom is 0.240 e. The number of sulfonamides is 1. The fraction of sp³-hybridized carbons (Fsp3) is 0.700. The highest BCUT2D eigenvalue weighted by molar-refractivity contribution is 7.89. The summed E-state index contributed by atoms with van der Waals surface area (Å²) in [6.45, 7) is 4.15. The van der Waals surface area contributed by atoms with Crippen LogP contribution in [-0.4, -0.2) is 20.3 Å². The van der Waals surface area contributed by atoms with E-state index in [0.29, 0.717) is 22.6 Å². The van der Waals surface area contributed by atoms with Gasteiger partial charge in [0.15, 0.2) is 0 Å². The van der Waals surface area contributed by atoms with Gasteiger partial charge < -0.3 is 0 Å². The van der Waals surface area contributed by atoms with Gasteiger partial charge in [-0.15, -0.1) is 11.6 Å². The number of alkyl halides is 1. The molecule has 2 unspecified atom stereocenters. The highest BCUT2D eigenvalue weighted by Crippen LogP contribution is 2.32. The van der Waals surface area contributed by atoms with E-state index in [1.165, 1.54) is 19.3 Å². The van der Waals surface area contributed by atoms with E-state index in [0.717, 1.165) is 37.7 Å². The molecule has 0 aliphatic heterocycles. The molecule has 0 radical (unpaired) electrons. The lowest BCUT2D eigenvalue weighted by Crippen LogP contribution is -2.45. The molecule has 1 aliphatic carbocycles. The molecule has 0 heterocycles. The molecule has 0 amide bonds. The molecule has 1 aromatic carbocycles. The molecular formula is C20H32ClNO2S. The van der Waals surface area contributed by atoms with E-state index >= 15 is 0 Å². The number of rotatable bonds is 9. The summed E-state index contributed by atoms with van der Waals surface area (Å²) in [5.74, 6) is 1.45. The van der Waals surface area contributed by atoms with Crippen molar-refractivity contribution in [2.24, 2.45) is 11.8 Å². The van der Waals surface area contributed by atoms with Crippen molar-refractivity contribution in [3.8, 4) is 0 Å². The summed E-state index contributed by atoms with van der Waals surface area (Å²) in [6.07, 6.45) is 9.01. The Morgan fingerprint density at radius 1 is 1.12 bits per heavy atom. The molecule has 3 nitrogen and oxygen atoms in total. The van der Waals surface area contributed by atoms with Gasteiger partial charge in [-0.05, 0) is 56.6 Å². The van der Waals surface area contributed by atoms with Crippen LogP contribution in [0.15, 0.2) is 29.2 Å². The number of benzene rings is 1. The normalized spacial score (nSPS) is 18.8. The van der Waals surface area contributed by atoms with Gasteiger partial charge >= 0.3 is 0 Å². The predicted molar refractivity (Wildman–Crippen MR) is 106 cm³/mol. The molecule has 0 bridgehead atoms. The molecule has 0 spiro atoms. The molecule has 1 N–H and O–H groups in total. The molecular weight excluding hydrogens is 354 g/mol. The predicted octanol–water partition coefficient (Wildman–Crippen LogP) is 5.27. The molecule has 1 aromatic rings. The van der Waals surface area contributed by atoms with Gasteiger partial charge in [-0.25, -0.2) is 13.1 Å². The molecule has 142 valence electrons. The van der Waals surface area contributed by atoms with Crippen molar-refractivity contribution in [1.29, 1.82) is 0 Å². The first kappa shape index (κ1) is 20.7.